The van der Waals surface area contributed by atoms with Gasteiger partial charge in [0.1, 0.15) is 13.2 Å². The first-order valence-corrected chi connectivity index (χ1v) is 7.67. The highest BCUT2D eigenvalue weighted by molar-refractivity contribution is 7.33. The summed E-state index contributed by atoms with van der Waals surface area (Å²) in [7, 11) is -1.43. The molecule has 6 heteroatoms. The molecule has 0 radical (unpaired) electrons. The summed E-state index contributed by atoms with van der Waals surface area (Å²) in [6.07, 6.45) is 0.934. The Labute approximate surface area is 103 Å². The molecule has 1 aromatic carbocycles. The number of hydrogen-bond acceptors (Lipinski definition) is 4. The second kappa shape index (κ2) is 7.15. The average Bonchev–Trinajstić information content (AvgIpc) is 2.38. The molecule has 2 rings (SSSR count). The molecule has 1 atom stereocenters. The Balaban J connectivity index is 1.59. The lowest BCUT2D eigenvalue weighted by Gasteiger charge is -2.13. The van der Waals surface area contributed by atoms with Crippen LogP contribution in [0.25, 0.3) is 0 Å². The van der Waals surface area contributed by atoms with E-state index >= 15 is 0 Å². The van der Waals surface area contributed by atoms with Crippen LogP contribution in [0.15, 0.2) is 30.3 Å². The highest BCUT2D eigenvalue weighted by Crippen LogP contribution is 2.31. The lowest BCUT2D eigenvalue weighted by atomic mass is 10.2. The van der Waals surface area contributed by atoms with Crippen LogP contribution in [-0.2, 0) is 24.3 Å². The van der Waals surface area contributed by atoms with E-state index in [-0.39, 0.29) is 5.92 Å². The van der Waals surface area contributed by atoms with Gasteiger partial charge in [-0.05, 0) is 5.56 Å². The fraction of sp³-hybridized carbons (Fsp3) is 0.455. The minimum absolute atomic E-state index is 0.200. The van der Waals surface area contributed by atoms with E-state index in [1.165, 1.54) is 5.56 Å². The van der Waals surface area contributed by atoms with Crippen molar-refractivity contribution in [1.82, 2.24) is 0 Å². The molecule has 1 aromatic rings. The number of hydrogen-bond donors (Lipinski definition) is 0. The van der Waals surface area contributed by atoms with Gasteiger partial charge in [0.25, 0.3) is 0 Å². The zero-order valence-electron chi connectivity index (χ0n) is 9.37. The molecule has 1 heterocycles. The average molecular weight is 273 g/mol. The van der Waals surface area contributed by atoms with Gasteiger partial charge in [0.15, 0.2) is 0 Å². The van der Waals surface area contributed by atoms with Crippen molar-refractivity contribution in [3.63, 3.8) is 0 Å². The Morgan fingerprint density at radius 1 is 1.29 bits per heavy atom. The molecule has 1 saturated heterocycles. The van der Waals surface area contributed by atoms with Crippen molar-refractivity contribution in [3.05, 3.63) is 35.9 Å². The van der Waals surface area contributed by atoms with E-state index in [9.17, 15) is 4.57 Å². The monoisotopic (exact) mass is 273 g/mol. The summed E-state index contributed by atoms with van der Waals surface area (Å²) in [6.45, 7) is 1.53. The van der Waals surface area contributed by atoms with E-state index in [2.05, 4.69) is 12.1 Å². The maximum absolute atomic E-state index is 10.8. The zero-order valence-corrected chi connectivity index (χ0v) is 11.3. The molecule has 0 spiro atoms. The maximum Gasteiger partial charge on any atom is 0.697 e. The molecular weight excluding hydrogens is 258 g/mol. The van der Waals surface area contributed by atoms with Crippen LogP contribution in [0.4, 0.5) is 0 Å². The molecule has 0 bridgehead atoms. The zero-order chi connectivity index (χ0) is 11.9. The van der Waals surface area contributed by atoms with Gasteiger partial charge >= 0.3 is 8.25 Å². The molecule has 1 aliphatic heterocycles. The van der Waals surface area contributed by atoms with Crippen molar-refractivity contribution in [3.8, 4) is 0 Å². The van der Waals surface area contributed by atoms with Gasteiger partial charge in [-0.3, -0.25) is 0 Å². The van der Waals surface area contributed by atoms with Gasteiger partial charge in [-0.15, -0.1) is 9.05 Å². The summed E-state index contributed by atoms with van der Waals surface area (Å²) in [5, 5.41) is 0. The fourth-order valence-corrected chi connectivity index (χ4v) is 3.02. The first-order chi connectivity index (χ1) is 8.34. The molecule has 0 aromatic heterocycles. The van der Waals surface area contributed by atoms with E-state index in [0.29, 0.717) is 28.6 Å². The van der Waals surface area contributed by atoms with Crippen molar-refractivity contribution in [2.45, 2.75) is 6.16 Å². The van der Waals surface area contributed by atoms with Crippen LogP contribution in [0.5, 0.6) is 0 Å². The second-order valence-corrected chi connectivity index (χ2v) is 5.69. The SMILES string of the molecule is O=[P+]1OCC(COPCc2ccccc2)CO1. The topological polar surface area (TPSA) is 44.8 Å². The molecular formula is C11H15O4P2+. The Bertz CT molecular complexity index is 348. The second-order valence-electron chi connectivity index (χ2n) is 3.80. The van der Waals surface area contributed by atoms with Crippen LogP contribution in [-0.4, -0.2) is 19.8 Å². The molecule has 0 amide bonds. The van der Waals surface area contributed by atoms with Crippen molar-refractivity contribution >= 4 is 17.1 Å². The van der Waals surface area contributed by atoms with E-state index in [1.807, 2.05) is 18.2 Å². The Kier molecular flexibility index (Phi) is 5.50. The van der Waals surface area contributed by atoms with Crippen molar-refractivity contribution in [1.29, 1.82) is 0 Å². The normalized spacial score (nSPS) is 23.3. The first-order valence-electron chi connectivity index (χ1n) is 5.46. The van der Waals surface area contributed by atoms with Crippen molar-refractivity contribution in [2.75, 3.05) is 19.8 Å². The minimum Gasteiger partial charge on any atom is -0.362 e. The Morgan fingerprint density at radius 3 is 2.71 bits per heavy atom. The van der Waals surface area contributed by atoms with Crippen LogP contribution in [0.3, 0.4) is 0 Å². The van der Waals surface area contributed by atoms with Gasteiger partial charge in [-0.25, -0.2) is 0 Å². The molecule has 0 N–H and O–H groups in total. The molecule has 0 saturated carbocycles. The fourth-order valence-electron chi connectivity index (χ4n) is 1.42. The van der Waals surface area contributed by atoms with Crippen LogP contribution in [0.1, 0.15) is 5.56 Å². The summed E-state index contributed by atoms with van der Waals surface area (Å²) in [5.41, 5.74) is 1.28. The van der Waals surface area contributed by atoms with E-state index in [1.54, 1.807) is 0 Å². The third-order valence-corrected chi connectivity index (χ3v) is 4.01. The maximum atomic E-state index is 10.8. The summed E-state index contributed by atoms with van der Waals surface area (Å²) in [4.78, 5) is 0. The first kappa shape index (κ1) is 13.1. The predicted molar refractivity (Wildman–Crippen MR) is 67.4 cm³/mol. The predicted octanol–water partition coefficient (Wildman–Crippen LogP) is 3.12. The summed E-state index contributed by atoms with van der Waals surface area (Å²) >= 11 is 0. The number of rotatable bonds is 5. The van der Waals surface area contributed by atoms with E-state index in [4.69, 9.17) is 13.6 Å². The lowest BCUT2D eigenvalue weighted by molar-refractivity contribution is 0.0809. The lowest BCUT2D eigenvalue weighted by Crippen LogP contribution is -2.21. The number of benzene rings is 1. The quantitative estimate of drug-likeness (QED) is 0.610. The largest absolute Gasteiger partial charge is 0.697 e. The molecule has 1 fully saturated rings. The third kappa shape index (κ3) is 4.79. The summed E-state index contributed by atoms with van der Waals surface area (Å²) < 4.78 is 26.2. The van der Waals surface area contributed by atoms with Gasteiger partial charge in [-0.1, -0.05) is 30.3 Å². The van der Waals surface area contributed by atoms with Gasteiger partial charge < -0.3 is 4.52 Å². The molecule has 4 nitrogen and oxygen atoms in total. The molecule has 1 aliphatic rings. The van der Waals surface area contributed by atoms with Crippen LogP contribution in [0, 0.1) is 5.92 Å². The van der Waals surface area contributed by atoms with Gasteiger partial charge in [0.05, 0.1) is 6.61 Å². The van der Waals surface area contributed by atoms with Crippen LogP contribution in [0.2, 0.25) is 0 Å². The summed E-state index contributed by atoms with van der Waals surface area (Å²) in [6, 6.07) is 10.2. The molecule has 1 unspecified atom stereocenters. The third-order valence-electron chi connectivity index (χ3n) is 2.37. The van der Waals surface area contributed by atoms with Crippen molar-refractivity contribution < 1.29 is 18.1 Å². The Morgan fingerprint density at radius 2 is 2.00 bits per heavy atom. The van der Waals surface area contributed by atoms with Crippen LogP contribution < -0.4 is 0 Å². The van der Waals surface area contributed by atoms with E-state index in [0.717, 1.165) is 6.16 Å². The molecule has 17 heavy (non-hydrogen) atoms. The van der Waals surface area contributed by atoms with Crippen LogP contribution >= 0.6 is 17.1 Å². The Hall–Kier alpha value is -0.370. The highest BCUT2D eigenvalue weighted by atomic mass is 31.1. The summed E-state index contributed by atoms with van der Waals surface area (Å²) in [5.74, 6) is 0.200. The molecule has 0 aliphatic carbocycles. The minimum atomic E-state index is -1.88. The highest BCUT2D eigenvalue weighted by Gasteiger charge is 2.31. The standard InChI is InChI=1S/C11H15O4P2/c12-17-14-7-11(8-15-17)6-13-16-9-10-4-2-1-3-5-10/h1-5,11,16H,6-9H2/q+1. The van der Waals surface area contributed by atoms with Gasteiger partial charge in [-0.2, -0.15) is 0 Å². The van der Waals surface area contributed by atoms with Gasteiger partial charge in [0.2, 0.25) is 0 Å². The molecule has 92 valence electrons. The van der Waals surface area contributed by atoms with E-state index < -0.39 is 8.25 Å². The smallest absolute Gasteiger partial charge is 0.362 e. The van der Waals surface area contributed by atoms with Crippen molar-refractivity contribution in [2.24, 2.45) is 5.92 Å². The van der Waals surface area contributed by atoms with Gasteiger partial charge in [0, 0.05) is 25.5 Å².